The van der Waals surface area contributed by atoms with Gasteiger partial charge >= 0.3 is 12.0 Å². The first-order valence-corrected chi connectivity index (χ1v) is 11.6. The molecule has 10 nitrogen and oxygen atoms in total. The average Bonchev–Trinajstić information content (AvgIpc) is 3.28. The van der Waals surface area contributed by atoms with Gasteiger partial charge in [0.05, 0.1) is 11.1 Å². The van der Waals surface area contributed by atoms with Gasteiger partial charge in [-0.05, 0) is 43.7 Å². The number of rotatable bonds is 5. The quantitative estimate of drug-likeness (QED) is 0.293. The Balaban J connectivity index is 1.49. The first kappa shape index (κ1) is 24.0. The Morgan fingerprint density at radius 3 is 2.68 bits per heavy atom. The van der Waals surface area contributed by atoms with E-state index < -0.39 is 17.9 Å². The molecule has 0 spiro atoms. The van der Waals surface area contributed by atoms with Crippen molar-refractivity contribution in [2.45, 2.75) is 19.9 Å². The Bertz CT molecular complexity index is 1610. The minimum absolute atomic E-state index is 0.00139. The van der Waals surface area contributed by atoms with E-state index in [9.17, 15) is 14.7 Å². The highest BCUT2D eigenvalue weighted by Gasteiger charge is 2.31. The van der Waals surface area contributed by atoms with Crippen LogP contribution in [0.25, 0.3) is 11.1 Å². The fraction of sp³-hybridized carbons (Fsp3) is 0.115. The third-order valence-electron chi connectivity index (χ3n) is 5.77. The molecule has 0 saturated carbocycles. The van der Waals surface area contributed by atoms with Crippen LogP contribution in [0.5, 0.6) is 0 Å². The first-order valence-electron chi connectivity index (χ1n) is 11.2. The van der Waals surface area contributed by atoms with Gasteiger partial charge in [0.25, 0.3) is 5.91 Å². The topological polar surface area (TPSA) is 142 Å². The molecule has 1 atom stereocenters. The predicted octanol–water partition coefficient (Wildman–Crippen LogP) is 4.91. The lowest BCUT2D eigenvalue weighted by atomic mass is 9.95. The number of fused-ring (bicyclic) bond motifs is 1. The molecule has 0 saturated heterocycles. The van der Waals surface area contributed by atoms with Crippen LogP contribution in [0.3, 0.4) is 0 Å². The van der Waals surface area contributed by atoms with E-state index in [2.05, 4.69) is 25.9 Å². The van der Waals surface area contributed by atoms with Gasteiger partial charge in [-0.2, -0.15) is 4.98 Å². The van der Waals surface area contributed by atoms with Crippen LogP contribution in [0.4, 0.5) is 11.8 Å². The van der Waals surface area contributed by atoms with E-state index in [4.69, 9.17) is 21.0 Å². The fourth-order valence-electron chi connectivity index (χ4n) is 4.01. The number of hydrogen-bond donors (Lipinski definition) is 4. The van der Waals surface area contributed by atoms with Crippen molar-refractivity contribution in [3.05, 3.63) is 93.8 Å². The number of aromatic carboxylic acids is 1. The molecule has 2 aromatic heterocycles. The Morgan fingerprint density at radius 1 is 1.11 bits per heavy atom. The molecule has 1 unspecified atom stereocenters. The van der Waals surface area contributed by atoms with Crippen LogP contribution >= 0.6 is 11.6 Å². The van der Waals surface area contributed by atoms with Crippen LogP contribution in [-0.4, -0.2) is 32.9 Å². The van der Waals surface area contributed by atoms with Gasteiger partial charge in [0.1, 0.15) is 17.4 Å². The zero-order valence-electron chi connectivity index (χ0n) is 19.7. The van der Waals surface area contributed by atoms with Crippen molar-refractivity contribution in [2.24, 2.45) is 4.99 Å². The number of halogens is 1. The van der Waals surface area contributed by atoms with Crippen LogP contribution in [0, 0.1) is 6.92 Å². The summed E-state index contributed by atoms with van der Waals surface area (Å²) in [5.41, 5.74) is 3.70. The summed E-state index contributed by atoms with van der Waals surface area (Å²) in [6.07, 6.45) is 1.31. The molecule has 1 amide bonds. The van der Waals surface area contributed by atoms with Crippen LogP contribution < -0.4 is 16.0 Å². The maximum absolute atomic E-state index is 13.4. The fourth-order valence-corrected chi connectivity index (χ4v) is 4.25. The summed E-state index contributed by atoms with van der Waals surface area (Å²) < 4.78 is 5.86. The van der Waals surface area contributed by atoms with Crippen molar-refractivity contribution in [1.82, 2.24) is 15.3 Å². The van der Waals surface area contributed by atoms with Gasteiger partial charge in [-0.3, -0.25) is 10.1 Å². The smallest absolute Gasteiger partial charge is 0.335 e. The summed E-state index contributed by atoms with van der Waals surface area (Å²) >= 11 is 6.50. The summed E-state index contributed by atoms with van der Waals surface area (Å²) in [6, 6.07) is 14.8. The van der Waals surface area contributed by atoms with Gasteiger partial charge in [0.2, 0.25) is 5.96 Å². The number of nitrogens with zero attached hydrogens (tertiary/aromatic N) is 3. The lowest BCUT2D eigenvalue weighted by Gasteiger charge is -2.26. The highest BCUT2D eigenvalue weighted by atomic mass is 35.5. The third-order valence-corrected chi connectivity index (χ3v) is 6.12. The maximum atomic E-state index is 13.4. The lowest BCUT2D eigenvalue weighted by Crippen LogP contribution is -2.37. The van der Waals surface area contributed by atoms with E-state index in [1.54, 1.807) is 31.2 Å². The maximum Gasteiger partial charge on any atom is 0.335 e. The Kier molecular flexibility index (Phi) is 6.33. The molecule has 11 heteroatoms. The minimum atomic E-state index is -1.13. The Morgan fingerprint density at radius 2 is 1.92 bits per heavy atom. The van der Waals surface area contributed by atoms with Gasteiger partial charge < -0.3 is 20.2 Å². The van der Waals surface area contributed by atoms with Gasteiger partial charge in [-0.15, -0.1) is 0 Å². The van der Waals surface area contributed by atoms with E-state index in [1.165, 1.54) is 18.3 Å². The number of para-hydroxylation sites is 1. The molecule has 37 heavy (non-hydrogen) atoms. The summed E-state index contributed by atoms with van der Waals surface area (Å²) in [6.45, 7) is 3.66. The number of carboxylic acids is 1. The van der Waals surface area contributed by atoms with Crippen molar-refractivity contribution in [2.75, 3.05) is 10.6 Å². The number of aryl methyl sites for hydroxylation is 1. The molecule has 0 bridgehead atoms. The largest absolute Gasteiger partial charge is 0.478 e. The SMILES string of the molecule is CC1=C(C(=O)Nc2cc(C(=O)O)ccn2)C(c2ccccc2Cl)N=C(Nc2nc3cccc(C)c3o2)N1. The van der Waals surface area contributed by atoms with Crippen LogP contribution in [0.1, 0.15) is 34.5 Å². The van der Waals surface area contributed by atoms with Crippen LogP contribution in [0.2, 0.25) is 5.02 Å². The normalized spacial score (nSPS) is 15.2. The summed E-state index contributed by atoms with van der Waals surface area (Å²) in [4.78, 5) is 38.0. The van der Waals surface area contributed by atoms with Gasteiger partial charge in [-0.1, -0.05) is 41.9 Å². The number of guanidine groups is 1. The van der Waals surface area contributed by atoms with Crippen LogP contribution in [0.15, 0.2) is 81.5 Å². The number of carboxylic acid groups (broad SMARTS) is 1. The second-order valence-electron chi connectivity index (χ2n) is 8.32. The molecule has 4 aromatic rings. The summed E-state index contributed by atoms with van der Waals surface area (Å²) in [7, 11) is 0. The number of aliphatic imine (C=N–C) groups is 1. The molecule has 186 valence electrons. The highest BCUT2D eigenvalue weighted by Crippen LogP contribution is 2.35. The highest BCUT2D eigenvalue weighted by molar-refractivity contribution is 6.31. The molecular weight excluding hydrogens is 496 g/mol. The number of allylic oxidation sites excluding steroid dienone is 1. The number of nitrogens with one attached hydrogen (secondary N) is 3. The summed E-state index contributed by atoms with van der Waals surface area (Å²) in [5, 5.41) is 18.5. The minimum Gasteiger partial charge on any atom is -0.478 e. The molecule has 5 rings (SSSR count). The van der Waals surface area contributed by atoms with Crippen molar-refractivity contribution < 1.29 is 19.1 Å². The van der Waals surface area contributed by atoms with Crippen molar-refractivity contribution >= 4 is 52.4 Å². The van der Waals surface area contributed by atoms with Gasteiger partial charge in [0.15, 0.2) is 5.58 Å². The molecule has 0 aliphatic carbocycles. The second kappa shape index (κ2) is 9.75. The number of carbonyl (C=O) groups excluding carboxylic acids is 1. The molecule has 2 aromatic carbocycles. The second-order valence-corrected chi connectivity index (χ2v) is 8.73. The van der Waals surface area contributed by atoms with Gasteiger partial charge in [0, 0.05) is 22.5 Å². The number of oxazole rings is 1. The number of anilines is 2. The van der Waals surface area contributed by atoms with Crippen molar-refractivity contribution in [3.8, 4) is 0 Å². The third kappa shape index (κ3) is 4.87. The van der Waals surface area contributed by atoms with E-state index in [-0.39, 0.29) is 23.0 Å². The molecule has 4 N–H and O–H groups in total. The van der Waals surface area contributed by atoms with E-state index in [0.29, 0.717) is 33.3 Å². The van der Waals surface area contributed by atoms with Crippen molar-refractivity contribution in [3.63, 3.8) is 0 Å². The molecular formula is C26H21ClN6O4. The van der Waals surface area contributed by atoms with Crippen molar-refractivity contribution in [1.29, 1.82) is 0 Å². The number of carbonyl (C=O) groups is 2. The molecule has 0 radical (unpaired) electrons. The Labute approximate surface area is 216 Å². The number of aromatic nitrogens is 2. The molecule has 3 heterocycles. The van der Waals surface area contributed by atoms with E-state index >= 15 is 0 Å². The molecule has 1 aliphatic rings. The zero-order chi connectivity index (χ0) is 26.1. The number of hydrogen-bond acceptors (Lipinski definition) is 8. The van der Waals surface area contributed by atoms with E-state index in [1.807, 2.05) is 25.1 Å². The monoisotopic (exact) mass is 516 g/mol. The van der Waals surface area contributed by atoms with Crippen LogP contribution in [-0.2, 0) is 4.79 Å². The summed E-state index contributed by atoms with van der Waals surface area (Å²) in [5.74, 6) is -1.23. The number of pyridine rings is 1. The molecule has 0 fully saturated rings. The standard InChI is InChI=1S/C26H21ClN6O4/c1-13-6-5-9-18-22(13)37-26(30-18)33-25-29-14(2)20(21(32-25)16-7-3-4-8-17(16)27)23(34)31-19-12-15(24(35)36)10-11-28-19/h3-12,21H,1-2H3,(H,35,36)(H,28,31,34)(H2,29,30,32,33). The average molecular weight is 517 g/mol. The lowest BCUT2D eigenvalue weighted by molar-refractivity contribution is -0.113. The van der Waals surface area contributed by atoms with E-state index in [0.717, 1.165) is 5.56 Å². The number of amides is 1. The number of benzene rings is 2. The Hall–Kier alpha value is -4.70. The van der Waals surface area contributed by atoms with Gasteiger partial charge in [-0.25, -0.2) is 14.8 Å². The molecule has 1 aliphatic heterocycles. The predicted molar refractivity (Wildman–Crippen MR) is 140 cm³/mol. The zero-order valence-corrected chi connectivity index (χ0v) is 20.5. The first-order chi connectivity index (χ1) is 17.8.